The molecule has 1 spiro atoms. The molecule has 0 amide bonds. The first-order chi connectivity index (χ1) is 13.5. The standard InChI is InChI=1S/C18H18F2N6O2/c1-27-16-10(6-22-17(23-16)28-2)11-5-12(15-21-7-14(20)26(15)24-11)25-8-13(19)18(9-25)3-4-18/h5-7,13H,3-4,8-9H2,1-2H3. The molecule has 2 fully saturated rings. The van der Waals surface area contributed by atoms with Gasteiger partial charge in [0, 0.05) is 24.7 Å². The molecule has 0 aromatic carbocycles. The molecule has 1 atom stereocenters. The van der Waals surface area contributed by atoms with Gasteiger partial charge in [0.05, 0.1) is 31.7 Å². The summed E-state index contributed by atoms with van der Waals surface area (Å²) < 4.78 is 40.3. The number of halogens is 2. The first-order valence-electron chi connectivity index (χ1n) is 8.93. The Labute approximate surface area is 159 Å². The van der Waals surface area contributed by atoms with Crippen LogP contribution < -0.4 is 14.4 Å². The van der Waals surface area contributed by atoms with Crippen LogP contribution in [0.3, 0.4) is 0 Å². The Morgan fingerprint density at radius 2 is 2.00 bits per heavy atom. The largest absolute Gasteiger partial charge is 0.480 e. The third-order valence-electron chi connectivity index (χ3n) is 5.57. The summed E-state index contributed by atoms with van der Waals surface area (Å²) in [5, 5.41) is 4.33. The van der Waals surface area contributed by atoms with Crippen LogP contribution in [0.1, 0.15) is 12.8 Å². The molecule has 8 nitrogen and oxygen atoms in total. The van der Waals surface area contributed by atoms with Crippen molar-refractivity contribution in [2.75, 3.05) is 32.2 Å². The molecule has 5 rings (SSSR count). The number of nitrogens with zero attached hydrogens (tertiary/aromatic N) is 6. The van der Waals surface area contributed by atoms with E-state index in [4.69, 9.17) is 9.47 Å². The van der Waals surface area contributed by atoms with Crippen LogP contribution in [-0.4, -0.2) is 58.0 Å². The minimum absolute atomic E-state index is 0.145. The smallest absolute Gasteiger partial charge is 0.319 e. The molecule has 1 aliphatic carbocycles. The van der Waals surface area contributed by atoms with Crippen molar-refractivity contribution < 1.29 is 18.3 Å². The SMILES string of the molecule is COc1ncc(-c2cc(N3CC(F)C4(CC4)C3)c3ncc(F)n3n2)c(OC)n1. The van der Waals surface area contributed by atoms with Gasteiger partial charge in [0.1, 0.15) is 11.9 Å². The Kier molecular flexibility index (Phi) is 3.65. The number of hydrogen-bond acceptors (Lipinski definition) is 7. The molecule has 10 heteroatoms. The number of hydrogen-bond donors (Lipinski definition) is 0. The average Bonchev–Trinajstić information content (AvgIpc) is 3.31. The zero-order valence-corrected chi connectivity index (χ0v) is 15.4. The normalized spacial score (nSPS) is 20.1. The van der Waals surface area contributed by atoms with Gasteiger partial charge in [-0.25, -0.2) is 14.4 Å². The van der Waals surface area contributed by atoms with Crippen molar-refractivity contribution in [3.8, 4) is 23.1 Å². The fraction of sp³-hybridized carbons (Fsp3) is 0.444. The van der Waals surface area contributed by atoms with Crippen LogP contribution in [-0.2, 0) is 0 Å². The Morgan fingerprint density at radius 1 is 1.18 bits per heavy atom. The van der Waals surface area contributed by atoms with Crippen molar-refractivity contribution in [1.29, 1.82) is 0 Å². The molecule has 0 radical (unpaired) electrons. The minimum Gasteiger partial charge on any atom is -0.480 e. The monoisotopic (exact) mass is 388 g/mol. The van der Waals surface area contributed by atoms with E-state index in [-0.39, 0.29) is 23.9 Å². The maximum Gasteiger partial charge on any atom is 0.319 e. The Bertz CT molecular complexity index is 1070. The van der Waals surface area contributed by atoms with Gasteiger partial charge in [-0.15, -0.1) is 0 Å². The number of rotatable bonds is 4. The van der Waals surface area contributed by atoms with E-state index in [1.165, 1.54) is 20.4 Å². The summed E-state index contributed by atoms with van der Waals surface area (Å²) >= 11 is 0. The van der Waals surface area contributed by atoms with Crippen LogP contribution in [0.2, 0.25) is 0 Å². The Balaban J connectivity index is 1.66. The highest BCUT2D eigenvalue weighted by molar-refractivity contribution is 5.76. The van der Waals surface area contributed by atoms with Gasteiger partial charge < -0.3 is 14.4 Å². The third kappa shape index (κ3) is 2.47. The van der Waals surface area contributed by atoms with Gasteiger partial charge >= 0.3 is 6.01 Å². The maximum absolute atomic E-state index is 14.5. The van der Waals surface area contributed by atoms with E-state index in [9.17, 15) is 8.78 Å². The molecule has 4 heterocycles. The lowest BCUT2D eigenvalue weighted by Gasteiger charge is -2.19. The molecule has 28 heavy (non-hydrogen) atoms. The van der Waals surface area contributed by atoms with Crippen LogP contribution in [0.15, 0.2) is 18.5 Å². The van der Waals surface area contributed by atoms with Gasteiger partial charge in [-0.1, -0.05) is 0 Å². The Morgan fingerprint density at radius 3 is 2.68 bits per heavy atom. The highest BCUT2D eigenvalue weighted by atomic mass is 19.1. The van der Waals surface area contributed by atoms with Crippen molar-refractivity contribution in [3.05, 3.63) is 24.4 Å². The summed E-state index contributed by atoms with van der Waals surface area (Å²) in [4.78, 5) is 14.3. The number of methoxy groups -OCH3 is 2. The van der Waals surface area contributed by atoms with E-state index in [1.807, 2.05) is 4.90 Å². The summed E-state index contributed by atoms with van der Waals surface area (Å²) in [6.45, 7) is 0.835. The van der Waals surface area contributed by atoms with Gasteiger partial charge in [-0.05, 0) is 18.9 Å². The quantitative estimate of drug-likeness (QED) is 0.679. The molecular formula is C18H18F2N6O2. The van der Waals surface area contributed by atoms with Crippen LogP contribution in [0, 0.1) is 11.4 Å². The second kappa shape index (κ2) is 5.98. The second-order valence-electron chi connectivity index (χ2n) is 7.22. The van der Waals surface area contributed by atoms with Crippen LogP contribution in [0.25, 0.3) is 16.9 Å². The first-order valence-corrected chi connectivity index (χ1v) is 8.93. The topological polar surface area (TPSA) is 77.7 Å². The molecule has 1 saturated heterocycles. The van der Waals surface area contributed by atoms with E-state index in [0.717, 1.165) is 23.6 Å². The molecule has 1 aliphatic heterocycles. The lowest BCUT2D eigenvalue weighted by Crippen LogP contribution is -2.22. The number of aromatic nitrogens is 5. The zero-order chi connectivity index (χ0) is 19.5. The fourth-order valence-electron chi connectivity index (χ4n) is 3.82. The van der Waals surface area contributed by atoms with Gasteiger partial charge in [0.2, 0.25) is 11.8 Å². The van der Waals surface area contributed by atoms with Crippen molar-refractivity contribution in [3.63, 3.8) is 0 Å². The van der Waals surface area contributed by atoms with Crippen molar-refractivity contribution in [2.24, 2.45) is 5.41 Å². The lowest BCUT2D eigenvalue weighted by molar-refractivity contribution is 0.267. The highest BCUT2D eigenvalue weighted by Crippen LogP contribution is 2.55. The van der Waals surface area contributed by atoms with Gasteiger partial charge in [0.25, 0.3) is 0 Å². The molecule has 3 aromatic heterocycles. The predicted molar refractivity (Wildman–Crippen MR) is 95.9 cm³/mol. The molecule has 1 unspecified atom stereocenters. The van der Waals surface area contributed by atoms with Crippen LogP contribution in [0.5, 0.6) is 11.9 Å². The lowest BCUT2D eigenvalue weighted by atomic mass is 10.1. The summed E-state index contributed by atoms with van der Waals surface area (Å²) in [6.07, 6.45) is 3.46. The second-order valence-corrected chi connectivity index (χ2v) is 7.22. The molecule has 146 valence electrons. The average molecular weight is 388 g/mol. The molecule has 2 aliphatic rings. The van der Waals surface area contributed by atoms with Crippen LogP contribution in [0.4, 0.5) is 14.5 Å². The summed E-state index contributed by atoms with van der Waals surface area (Å²) in [5.41, 5.74) is 1.56. The summed E-state index contributed by atoms with van der Waals surface area (Å²) in [6, 6.07) is 1.90. The molecular weight excluding hydrogens is 370 g/mol. The number of fused-ring (bicyclic) bond motifs is 1. The van der Waals surface area contributed by atoms with E-state index >= 15 is 0 Å². The van der Waals surface area contributed by atoms with E-state index in [1.54, 1.807) is 6.07 Å². The number of ether oxygens (including phenoxy) is 2. The van der Waals surface area contributed by atoms with Crippen LogP contribution >= 0.6 is 0 Å². The zero-order valence-electron chi connectivity index (χ0n) is 15.4. The van der Waals surface area contributed by atoms with Crippen molar-refractivity contribution in [2.45, 2.75) is 19.0 Å². The number of anilines is 1. The fourth-order valence-corrected chi connectivity index (χ4v) is 3.82. The van der Waals surface area contributed by atoms with Gasteiger partial charge in [-0.3, -0.25) is 0 Å². The number of alkyl halides is 1. The first kappa shape index (κ1) is 17.1. The van der Waals surface area contributed by atoms with Crippen molar-refractivity contribution >= 4 is 11.3 Å². The number of imidazole rings is 1. The molecule has 1 saturated carbocycles. The van der Waals surface area contributed by atoms with Gasteiger partial charge in [-0.2, -0.15) is 19.0 Å². The summed E-state index contributed by atoms with van der Waals surface area (Å²) in [7, 11) is 2.92. The Hall–Kier alpha value is -3.04. The third-order valence-corrected chi connectivity index (χ3v) is 5.57. The van der Waals surface area contributed by atoms with E-state index < -0.39 is 12.1 Å². The highest BCUT2D eigenvalue weighted by Gasteiger charge is 2.56. The summed E-state index contributed by atoms with van der Waals surface area (Å²) in [5.74, 6) is -0.364. The maximum atomic E-state index is 14.5. The van der Waals surface area contributed by atoms with Crippen molar-refractivity contribution in [1.82, 2.24) is 24.6 Å². The molecule has 0 N–H and O–H groups in total. The van der Waals surface area contributed by atoms with E-state index in [0.29, 0.717) is 29.1 Å². The van der Waals surface area contributed by atoms with E-state index in [2.05, 4.69) is 20.1 Å². The predicted octanol–water partition coefficient (Wildman–Crippen LogP) is 2.28. The minimum atomic E-state index is -0.900. The molecule has 3 aromatic rings. The molecule has 0 bridgehead atoms. The van der Waals surface area contributed by atoms with Gasteiger partial charge in [0.15, 0.2) is 5.65 Å².